The Balaban J connectivity index is 1.74. The van der Waals surface area contributed by atoms with Crippen LogP contribution in [0.15, 0.2) is 48.5 Å². The molecule has 1 aliphatic carbocycles. The summed E-state index contributed by atoms with van der Waals surface area (Å²) in [5.74, 6) is 0.629. The smallest absolute Gasteiger partial charge is 0.255 e. The molecule has 0 aromatic heterocycles. The van der Waals surface area contributed by atoms with Gasteiger partial charge in [0.15, 0.2) is 0 Å². The minimum Gasteiger partial charge on any atom is -0.322 e. The highest BCUT2D eigenvalue weighted by atomic mass is 16.1. The summed E-state index contributed by atoms with van der Waals surface area (Å²) in [7, 11) is 0. The lowest BCUT2D eigenvalue weighted by Crippen LogP contribution is -2.19. The molecular formula is C21H23NO2. The topological polar surface area (TPSA) is 46.2 Å². The highest BCUT2D eigenvalue weighted by Gasteiger charge is 2.21. The summed E-state index contributed by atoms with van der Waals surface area (Å²) in [5, 5.41) is 2.97. The van der Waals surface area contributed by atoms with Crippen molar-refractivity contribution in [3.05, 3.63) is 65.2 Å². The first-order chi connectivity index (χ1) is 11.6. The molecule has 24 heavy (non-hydrogen) atoms. The molecule has 1 N–H and O–H groups in total. The molecule has 1 fully saturated rings. The van der Waals surface area contributed by atoms with Crippen molar-refractivity contribution in [2.75, 3.05) is 5.32 Å². The lowest BCUT2D eigenvalue weighted by molar-refractivity contribution is -0.121. The molecular weight excluding hydrogens is 298 g/mol. The van der Waals surface area contributed by atoms with E-state index in [2.05, 4.69) is 5.32 Å². The Morgan fingerprint density at radius 2 is 1.88 bits per heavy atom. The second-order valence-corrected chi connectivity index (χ2v) is 6.68. The predicted molar refractivity (Wildman–Crippen MR) is 96.2 cm³/mol. The van der Waals surface area contributed by atoms with E-state index in [9.17, 15) is 9.59 Å². The summed E-state index contributed by atoms with van der Waals surface area (Å²) in [6.07, 6.45) is 4.20. The van der Waals surface area contributed by atoms with Crippen molar-refractivity contribution in [2.24, 2.45) is 5.92 Å². The van der Waals surface area contributed by atoms with Crippen LogP contribution in [0.1, 0.15) is 47.2 Å². The van der Waals surface area contributed by atoms with Crippen molar-refractivity contribution in [3.8, 4) is 0 Å². The number of aryl methyl sites for hydroxylation is 1. The number of Topliss-reactive ketones (excluding diaryl/α,β-unsaturated/α-hetero) is 1. The van der Waals surface area contributed by atoms with Crippen molar-refractivity contribution in [2.45, 2.75) is 39.0 Å². The van der Waals surface area contributed by atoms with Gasteiger partial charge in [0.2, 0.25) is 0 Å². The Labute approximate surface area is 143 Å². The van der Waals surface area contributed by atoms with E-state index in [1.165, 1.54) is 0 Å². The fraction of sp³-hybridized carbons (Fsp3) is 0.333. The van der Waals surface area contributed by atoms with Crippen molar-refractivity contribution < 1.29 is 9.59 Å². The van der Waals surface area contributed by atoms with Gasteiger partial charge in [0.25, 0.3) is 5.91 Å². The maximum absolute atomic E-state index is 12.6. The average molecular weight is 321 g/mol. The van der Waals surface area contributed by atoms with Gasteiger partial charge >= 0.3 is 0 Å². The molecule has 0 radical (unpaired) electrons. The number of benzene rings is 2. The Morgan fingerprint density at radius 3 is 2.62 bits per heavy atom. The average Bonchev–Trinajstić information content (AvgIpc) is 2.57. The fourth-order valence-corrected chi connectivity index (χ4v) is 3.35. The van der Waals surface area contributed by atoms with Gasteiger partial charge in [-0.05, 0) is 55.9 Å². The van der Waals surface area contributed by atoms with Crippen molar-refractivity contribution >= 4 is 17.4 Å². The third-order valence-corrected chi connectivity index (χ3v) is 4.66. The summed E-state index contributed by atoms with van der Waals surface area (Å²) in [6, 6.07) is 15.5. The van der Waals surface area contributed by atoms with Gasteiger partial charge in [-0.3, -0.25) is 9.59 Å². The first-order valence-electron chi connectivity index (χ1n) is 8.59. The molecule has 0 aliphatic heterocycles. The first kappa shape index (κ1) is 16.4. The van der Waals surface area contributed by atoms with Crippen LogP contribution in [0.5, 0.6) is 0 Å². The molecule has 0 heterocycles. The largest absolute Gasteiger partial charge is 0.322 e. The van der Waals surface area contributed by atoms with E-state index in [1.54, 1.807) is 0 Å². The highest BCUT2D eigenvalue weighted by Crippen LogP contribution is 2.26. The van der Waals surface area contributed by atoms with Crippen LogP contribution in [-0.2, 0) is 11.2 Å². The number of amides is 1. The molecule has 0 spiro atoms. The molecule has 3 heteroatoms. The summed E-state index contributed by atoms with van der Waals surface area (Å²) in [5.41, 5.74) is 3.70. The molecule has 3 rings (SSSR count). The van der Waals surface area contributed by atoms with E-state index in [0.717, 1.165) is 36.1 Å². The van der Waals surface area contributed by atoms with Crippen LogP contribution in [0.3, 0.4) is 0 Å². The van der Waals surface area contributed by atoms with Crippen molar-refractivity contribution in [1.29, 1.82) is 0 Å². The van der Waals surface area contributed by atoms with Crippen molar-refractivity contribution in [1.82, 2.24) is 0 Å². The third-order valence-electron chi connectivity index (χ3n) is 4.66. The van der Waals surface area contributed by atoms with Gasteiger partial charge in [-0.1, -0.05) is 35.9 Å². The van der Waals surface area contributed by atoms with Crippen LogP contribution in [0, 0.1) is 12.8 Å². The zero-order valence-electron chi connectivity index (χ0n) is 14.0. The molecule has 1 saturated carbocycles. The van der Waals surface area contributed by atoms with Gasteiger partial charge in [-0.25, -0.2) is 0 Å². The second-order valence-electron chi connectivity index (χ2n) is 6.68. The van der Waals surface area contributed by atoms with Gasteiger partial charge in [0, 0.05) is 24.1 Å². The van der Waals surface area contributed by atoms with E-state index in [1.807, 2.05) is 55.5 Å². The maximum atomic E-state index is 12.6. The summed E-state index contributed by atoms with van der Waals surface area (Å²) >= 11 is 0. The molecule has 1 aliphatic rings. The van der Waals surface area contributed by atoms with Crippen LogP contribution in [-0.4, -0.2) is 11.7 Å². The van der Waals surface area contributed by atoms with Crippen LogP contribution in [0.2, 0.25) is 0 Å². The van der Waals surface area contributed by atoms with E-state index in [4.69, 9.17) is 0 Å². The molecule has 1 unspecified atom stereocenters. The van der Waals surface area contributed by atoms with Gasteiger partial charge in [0.05, 0.1) is 0 Å². The molecule has 1 atom stereocenters. The Bertz CT molecular complexity index is 734. The zero-order chi connectivity index (χ0) is 16.9. The third kappa shape index (κ3) is 4.10. The number of hydrogen-bond donors (Lipinski definition) is 1. The number of rotatable bonds is 4. The van der Waals surface area contributed by atoms with Gasteiger partial charge in [0.1, 0.15) is 5.78 Å². The second kappa shape index (κ2) is 7.43. The van der Waals surface area contributed by atoms with Gasteiger partial charge < -0.3 is 5.32 Å². The van der Waals surface area contributed by atoms with Crippen LogP contribution < -0.4 is 5.32 Å². The monoisotopic (exact) mass is 321 g/mol. The summed E-state index contributed by atoms with van der Waals surface area (Å²) in [4.78, 5) is 24.3. The molecule has 3 nitrogen and oxygen atoms in total. The molecule has 124 valence electrons. The SMILES string of the molecule is Cc1ccc(NC(=O)c2ccccc2CC2CCCC(=O)C2)cc1. The fourth-order valence-electron chi connectivity index (χ4n) is 3.35. The summed E-state index contributed by atoms with van der Waals surface area (Å²) < 4.78 is 0. The van der Waals surface area contributed by atoms with Crippen LogP contribution in [0.4, 0.5) is 5.69 Å². The Hall–Kier alpha value is -2.42. The molecule has 0 saturated heterocycles. The molecule has 2 aromatic rings. The maximum Gasteiger partial charge on any atom is 0.255 e. The molecule has 2 aromatic carbocycles. The minimum absolute atomic E-state index is 0.0865. The predicted octanol–water partition coefficient (Wildman–Crippen LogP) is 4.55. The van der Waals surface area contributed by atoms with E-state index >= 15 is 0 Å². The van der Waals surface area contributed by atoms with Gasteiger partial charge in [-0.15, -0.1) is 0 Å². The number of hydrogen-bond acceptors (Lipinski definition) is 2. The zero-order valence-corrected chi connectivity index (χ0v) is 14.0. The number of carbonyl (C=O) groups is 2. The van der Waals surface area contributed by atoms with Crippen molar-refractivity contribution in [3.63, 3.8) is 0 Å². The lowest BCUT2D eigenvalue weighted by Gasteiger charge is -2.21. The number of anilines is 1. The highest BCUT2D eigenvalue weighted by molar-refractivity contribution is 6.05. The summed E-state index contributed by atoms with van der Waals surface area (Å²) in [6.45, 7) is 2.02. The first-order valence-corrected chi connectivity index (χ1v) is 8.59. The normalized spacial score (nSPS) is 17.5. The van der Waals surface area contributed by atoms with Crippen LogP contribution in [0.25, 0.3) is 0 Å². The van der Waals surface area contributed by atoms with Crippen LogP contribution >= 0.6 is 0 Å². The van der Waals surface area contributed by atoms with E-state index in [0.29, 0.717) is 30.1 Å². The van der Waals surface area contributed by atoms with E-state index < -0.39 is 0 Å². The molecule has 0 bridgehead atoms. The Kier molecular flexibility index (Phi) is 5.09. The number of ketones is 1. The molecule has 1 amide bonds. The Morgan fingerprint density at radius 1 is 1.12 bits per heavy atom. The van der Waals surface area contributed by atoms with E-state index in [-0.39, 0.29) is 5.91 Å². The minimum atomic E-state index is -0.0865. The lowest BCUT2D eigenvalue weighted by atomic mass is 9.83. The number of carbonyl (C=O) groups excluding carboxylic acids is 2. The quantitative estimate of drug-likeness (QED) is 0.898. The standard InChI is InChI=1S/C21H23NO2/c1-15-9-11-18(12-10-15)22-21(24)20-8-3-2-6-17(20)13-16-5-4-7-19(23)14-16/h2-3,6,8-12,16H,4-5,7,13-14H2,1H3,(H,22,24). The number of nitrogens with one attached hydrogen (secondary N) is 1. The van der Waals surface area contributed by atoms with Gasteiger partial charge in [-0.2, -0.15) is 0 Å².